The van der Waals surface area contributed by atoms with E-state index in [9.17, 15) is 0 Å². The fraction of sp³-hybridized carbons (Fsp3) is 1.00. The second kappa shape index (κ2) is 36.7. The van der Waals surface area contributed by atoms with E-state index in [1.54, 1.807) is 0 Å². The van der Waals surface area contributed by atoms with Gasteiger partial charge in [0.2, 0.25) is 0 Å². The third-order valence-corrected chi connectivity index (χ3v) is 0. The highest BCUT2D eigenvalue weighted by Crippen LogP contribution is 2.59. The Bertz CT molecular complexity index is 16.1. The average molecular weight is 344 g/mol. The monoisotopic (exact) mass is 344 g/mol. The first-order valence-electron chi connectivity index (χ1n) is 1.69. The van der Waals surface area contributed by atoms with Crippen molar-refractivity contribution in [1.82, 2.24) is 0 Å². The van der Waals surface area contributed by atoms with Gasteiger partial charge in [0.05, 0.1) is 0 Å². The number of hydrogen-bond acceptors (Lipinski definition) is 0. The van der Waals surface area contributed by atoms with E-state index in [-0.39, 0.29) is 24.3 Å². The van der Waals surface area contributed by atoms with E-state index in [4.69, 9.17) is 0 Å². The van der Waals surface area contributed by atoms with Crippen molar-refractivity contribution < 1.29 is 0 Å². The first-order chi connectivity index (χ1) is 4.15. The Morgan fingerprint density at radius 3 is 0.909 bits per heavy atom. The summed E-state index contributed by atoms with van der Waals surface area (Å²) in [4.78, 5) is 0. The molecule has 0 aliphatic heterocycles. The Morgan fingerprint density at radius 2 is 0.909 bits per heavy atom. The quantitative estimate of drug-likeness (QED) is 0.571. The molecule has 0 saturated heterocycles. The molecule has 0 fully saturated rings. The molecule has 10 heteroatoms. The molecule has 0 heterocycles. The summed E-state index contributed by atoms with van der Waals surface area (Å²) < 4.78 is 0. The lowest BCUT2D eigenvalue weighted by atomic mass is 12.0. The minimum atomic E-state index is 0. The van der Waals surface area contributed by atoms with Crippen molar-refractivity contribution in [2.24, 2.45) is 0 Å². The van der Waals surface area contributed by atoms with Crippen LogP contribution in [0.25, 0.3) is 0 Å². The molecule has 8 atom stereocenters. The molecule has 0 aromatic rings. The van der Waals surface area contributed by atoms with Crippen LogP contribution >= 0.6 is 87.3 Å². The molecule has 0 nitrogen and oxygen atoms in total. The molecule has 0 spiro atoms. The molecule has 0 aromatic heterocycles. The number of rotatable bonds is 0. The van der Waals surface area contributed by atoms with Gasteiger partial charge in [-0.1, -0.05) is 15.4 Å². The SMILES string of the molecule is C.P.PP.PP(P)P.PPP. The van der Waals surface area contributed by atoms with Crippen molar-refractivity contribution in [2.75, 3.05) is 0 Å². The summed E-state index contributed by atoms with van der Waals surface area (Å²) in [6.45, 7) is 0.130. The lowest BCUT2D eigenvalue weighted by Gasteiger charge is -1.81. The van der Waals surface area contributed by atoms with Crippen molar-refractivity contribution in [3.05, 3.63) is 0 Å². The fourth-order valence-corrected chi connectivity index (χ4v) is 0. The van der Waals surface area contributed by atoms with E-state index in [2.05, 4.69) is 62.5 Å². The van der Waals surface area contributed by atoms with Gasteiger partial charge in [-0.05, 0) is 6.99 Å². The predicted octanol–water partition coefficient (Wildman–Crippen LogP) is 4.43. The summed E-state index contributed by atoms with van der Waals surface area (Å²) in [5.41, 5.74) is 0. The van der Waals surface area contributed by atoms with Gasteiger partial charge >= 0.3 is 0 Å². The lowest BCUT2D eigenvalue weighted by Crippen LogP contribution is -0.870. The summed E-state index contributed by atoms with van der Waals surface area (Å²) in [7, 11) is 18.7. The molecule has 0 aliphatic carbocycles. The fourth-order valence-electron chi connectivity index (χ4n) is 0. The third kappa shape index (κ3) is 117. The second-order valence-electron chi connectivity index (χ2n) is 0.614. The van der Waals surface area contributed by atoms with Gasteiger partial charge in [0, 0.05) is 0 Å². The van der Waals surface area contributed by atoms with Gasteiger partial charge in [-0.2, -0.15) is 9.90 Å². The summed E-state index contributed by atoms with van der Waals surface area (Å²) in [6.07, 6.45) is 0. The van der Waals surface area contributed by atoms with Crippen molar-refractivity contribution in [3.63, 3.8) is 0 Å². The molecule has 0 amide bonds. The first kappa shape index (κ1) is 29.5. The molecule has 0 rings (SSSR count). The van der Waals surface area contributed by atoms with E-state index < -0.39 is 0 Å². The highest BCUT2D eigenvalue weighted by molar-refractivity contribution is 8.65. The molecule has 0 bridgehead atoms. The van der Waals surface area contributed by atoms with Gasteiger partial charge in [-0.25, -0.2) is 0 Å². The Morgan fingerprint density at radius 1 is 0.909 bits per heavy atom. The highest BCUT2D eigenvalue weighted by atomic mass is 32.7. The van der Waals surface area contributed by atoms with E-state index in [0.29, 0.717) is 0 Å². The Kier molecular flexibility index (Phi) is 98.4. The highest BCUT2D eigenvalue weighted by Gasteiger charge is 1.66. The maximum absolute atomic E-state index is 2.65. The zero-order valence-electron chi connectivity index (χ0n) is 5.70. The van der Waals surface area contributed by atoms with Crippen LogP contribution in [0.15, 0.2) is 0 Å². The van der Waals surface area contributed by atoms with Crippen LogP contribution in [0.3, 0.4) is 0 Å². The van der Waals surface area contributed by atoms with Crippen molar-refractivity contribution >= 4 is 87.3 Å². The van der Waals surface area contributed by atoms with Crippen LogP contribution in [0, 0.1) is 0 Å². The van der Waals surface area contributed by atoms with Crippen LogP contribution in [0.2, 0.25) is 0 Å². The largest absolute Gasteiger partial charge is 0.153 e. The number of hydrogen-bond donors (Lipinski definition) is 0. The molecular formula is CH22P10. The first-order valence-corrected chi connectivity index (χ1v) is 15.2. The third-order valence-electron chi connectivity index (χ3n) is 0. The van der Waals surface area contributed by atoms with Crippen LogP contribution in [0.5, 0.6) is 0 Å². The summed E-state index contributed by atoms with van der Waals surface area (Å²) in [5, 5.41) is 0. The maximum atomic E-state index is 2.65. The van der Waals surface area contributed by atoms with Crippen LogP contribution in [-0.2, 0) is 0 Å². The lowest BCUT2D eigenvalue weighted by molar-refractivity contribution is 2.50. The van der Waals surface area contributed by atoms with Crippen LogP contribution < -0.4 is 0 Å². The van der Waals surface area contributed by atoms with Gasteiger partial charge in [0.25, 0.3) is 0 Å². The van der Waals surface area contributed by atoms with Gasteiger partial charge < -0.3 is 0 Å². The molecule has 0 N–H and O–H groups in total. The zero-order chi connectivity index (χ0) is 8.28. The Hall–Kier alpha value is 4.30. The molecule has 0 aliphatic rings. The van der Waals surface area contributed by atoms with Crippen LogP contribution in [0.4, 0.5) is 0 Å². The topological polar surface area (TPSA) is 0 Å². The van der Waals surface area contributed by atoms with Gasteiger partial charge in [0.1, 0.15) is 0 Å². The predicted molar refractivity (Wildman–Crippen MR) is 101 cm³/mol. The summed E-state index contributed by atoms with van der Waals surface area (Å²) in [5.74, 6) is 0. The molecule has 76 valence electrons. The average Bonchev–Trinajstić information content (AvgIpc) is 1.71. The van der Waals surface area contributed by atoms with Crippen molar-refractivity contribution in [2.45, 2.75) is 7.43 Å². The van der Waals surface area contributed by atoms with Gasteiger partial charge in [-0.15, -0.1) is 62.5 Å². The summed E-state index contributed by atoms with van der Waals surface area (Å²) >= 11 is 0. The van der Waals surface area contributed by atoms with Crippen molar-refractivity contribution in [1.29, 1.82) is 0 Å². The zero-order valence-corrected chi connectivity index (χ0v) is 17.1. The van der Waals surface area contributed by atoms with E-state index in [1.807, 2.05) is 0 Å². The second-order valence-corrected chi connectivity index (χ2v) is 16.6. The molecule has 11 heavy (non-hydrogen) atoms. The molecule has 8 unspecified atom stereocenters. The van der Waals surface area contributed by atoms with E-state index in [1.165, 1.54) is 0 Å². The molecular weight excluding hydrogens is 322 g/mol. The maximum Gasteiger partial charge on any atom is -0.0500 e. The van der Waals surface area contributed by atoms with Gasteiger partial charge in [-0.3, -0.25) is 0 Å². The standard InChI is InChI=1S/CH4.H6P4.H5P3.H4P2.H3P/c;1-4(2)3;1-3-2;1-2;/h1H4;1-3H2;3H,1-2H2;1-2H2;1H3. The van der Waals surface area contributed by atoms with Crippen LogP contribution in [0.1, 0.15) is 7.43 Å². The minimum absolute atomic E-state index is 0. The molecule has 0 saturated carbocycles. The molecule has 0 radical (unpaired) electrons. The smallest absolute Gasteiger partial charge is 0.0500 e. The minimum Gasteiger partial charge on any atom is -0.153 e. The van der Waals surface area contributed by atoms with Crippen molar-refractivity contribution in [3.8, 4) is 0 Å². The van der Waals surface area contributed by atoms with E-state index >= 15 is 0 Å². The Balaban J connectivity index is -0.0000000158. The van der Waals surface area contributed by atoms with E-state index in [0.717, 1.165) is 7.96 Å². The summed E-state index contributed by atoms with van der Waals surface area (Å²) in [6, 6.07) is 0. The molecule has 0 aromatic carbocycles. The normalized spacial score (nSPS) is 5.45. The Labute approximate surface area is 94.6 Å². The van der Waals surface area contributed by atoms with Crippen LogP contribution in [-0.4, -0.2) is 0 Å². The van der Waals surface area contributed by atoms with Gasteiger partial charge in [0.15, 0.2) is 0 Å².